The molecule has 0 radical (unpaired) electrons. The van der Waals surface area contributed by atoms with Gasteiger partial charge in [-0.2, -0.15) is 0 Å². The largest absolute Gasteiger partial charge is 0.350 e. The maximum absolute atomic E-state index is 13.7. The summed E-state index contributed by atoms with van der Waals surface area (Å²) in [6.45, 7) is 6.35. The Morgan fingerprint density at radius 3 is 1.66 bits per heavy atom. The lowest BCUT2D eigenvalue weighted by Gasteiger charge is -2.23. The molecule has 9 heteroatoms. The van der Waals surface area contributed by atoms with E-state index in [1.54, 1.807) is 12.1 Å². The van der Waals surface area contributed by atoms with E-state index in [2.05, 4.69) is 19.2 Å². The fraction of sp³-hybridized carbons (Fsp3) is 0.789. The van der Waals surface area contributed by atoms with Crippen LogP contribution in [-0.2, 0) is 11.3 Å². The lowest BCUT2D eigenvalue weighted by molar-refractivity contribution is -0.385. The van der Waals surface area contributed by atoms with Crippen LogP contribution in [0.3, 0.4) is 0 Å². The molecule has 47 heavy (non-hydrogen) atoms. The summed E-state index contributed by atoms with van der Waals surface area (Å²) in [4.78, 5) is 39.5. The van der Waals surface area contributed by atoms with Crippen LogP contribution in [0.1, 0.15) is 177 Å². The molecule has 1 aromatic carbocycles. The molecule has 1 rings (SSSR count). The molecule has 0 aliphatic rings. The van der Waals surface area contributed by atoms with Crippen LogP contribution in [0, 0.1) is 10.1 Å². The average Bonchev–Trinajstić information content (AvgIpc) is 3.07. The monoisotopic (exact) mass is 660 g/mol. The predicted molar refractivity (Wildman–Crippen MR) is 195 cm³/mol. The van der Waals surface area contributed by atoms with Crippen molar-refractivity contribution in [3.05, 3.63) is 39.4 Å². The van der Waals surface area contributed by atoms with E-state index in [1.165, 1.54) is 109 Å². The Morgan fingerprint density at radius 2 is 1.21 bits per heavy atom. The lowest BCUT2D eigenvalue weighted by atomic mass is 10.0. The van der Waals surface area contributed by atoms with Crippen molar-refractivity contribution in [1.29, 1.82) is 0 Å². The van der Waals surface area contributed by atoms with Gasteiger partial charge in [-0.3, -0.25) is 19.7 Å². The van der Waals surface area contributed by atoms with Gasteiger partial charge in [-0.25, -0.2) is 0 Å². The number of nitrogens with two attached hydrogens (primary N) is 2. The van der Waals surface area contributed by atoms with Gasteiger partial charge in [0.05, 0.1) is 11.0 Å². The molecule has 0 heterocycles. The number of amides is 2. The fourth-order valence-electron chi connectivity index (χ4n) is 6.05. The van der Waals surface area contributed by atoms with Gasteiger partial charge in [-0.1, -0.05) is 136 Å². The van der Waals surface area contributed by atoms with Crippen LogP contribution in [0.4, 0.5) is 5.69 Å². The second-order valence-corrected chi connectivity index (χ2v) is 13.4. The molecule has 1 unspecified atom stereocenters. The summed E-state index contributed by atoms with van der Waals surface area (Å²) in [5.41, 5.74) is 12.0. The minimum absolute atomic E-state index is 0.0187. The van der Waals surface area contributed by atoms with E-state index >= 15 is 0 Å². The van der Waals surface area contributed by atoms with Crippen LogP contribution in [0.15, 0.2) is 18.2 Å². The molecule has 2 amide bonds. The van der Waals surface area contributed by atoms with E-state index < -0.39 is 11.0 Å². The Labute approximate surface area is 286 Å². The van der Waals surface area contributed by atoms with Crippen molar-refractivity contribution in [3.8, 4) is 0 Å². The molecule has 0 aliphatic heterocycles. The first kappa shape index (κ1) is 42.5. The van der Waals surface area contributed by atoms with E-state index in [0.29, 0.717) is 37.2 Å². The molecule has 0 spiro atoms. The zero-order valence-electron chi connectivity index (χ0n) is 30.1. The standard InChI is InChI=1S/C38H69N5O4/c1-3-5-7-9-11-13-15-17-19-23-29-42(30-24-20-18-16-14-12-10-8-6-4-2)38(45)33-26-27-34(36(31-33)43(46)47)32-41-37(44)35(40)25-21-22-28-39/h26-27,31,35H,3-25,28-30,32,39-40H2,1-2H3,(H,41,44). The number of hydrogen-bond acceptors (Lipinski definition) is 6. The quantitative estimate of drug-likeness (QED) is 0.0412. The fourth-order valence-corrected chi connectivity index (χ4v) is 6.05. The van der Waals surface area contributed by atoms with Gasteiger partial charge in [-0.05, 0) is 44.4 Å². The van der Waals surface area contributed by atoms with E-state index in [1.807, 2.05) is 4.90 Å². The van der Waals surface area contributed by atoms with Gasteiger partial charge in [0, 0.05) is 36.8 Å². The van der Waals surface area contributed by atoms with Crippen molar-refractivity contribution in [1.82, 2.24) is 10.2 Å². The number of benzene rings is 1. The molecule has 0 saturated heterocycles. The van der Waals surface area contributed by atoms with Gasteiger partial charge in [0.1, 0.15) is 0 Å². The van der Waals surface area contributed by atoms with Crippen molar-refractivity contribution in [2.75, 3.05) is 19.6 Å². The van der Waals surface area contributed by atoms with Crippen molar-refractivity contribution < 1.29 is 14.5 Å². The van der Waals surface area contributed by atoms with Gasteiger partial charge < -0.3 is 21.7 Å². The number of hydrogen-bond donors (Lipinski definition) is 3. The van der Waals surface area contributed by atoms with E-state index in [9.17, 15) is 19.7 Å². The van der Waals surface area contributed by atoms with Crippen LogP contribution in [-0.4, -0.2) is 47.3 Å². The first-order valence-corrected chi connectivity index (χ1v) is 19.2. The van der Waals surface area contributed by atoms with Crippen molar-refractivity contribution >= 4 is 17.5 Å². The SMILES string of the molecule is CCCCCCCCCCCCN(CCCCCCCCCCCC)C(=O)c1ccc(CNC(=O)C(N)CCCCN)c([N+](=O)[O-])c1. The third kappa shape index (κ3) is 20.5. The van der Waals surface area contributed by atoms with Crippen LogP contribution < -0.4 is 16.8 Å². The summed E-state index contributed by atoms with van der Waals surface area (Å²) in [6.07, 6.45) is 26.6. The Kier molecular flexibility index (Phi) is 25.8. The number of nitro benzene ring substituents is 1. The van der Waals surface area contributed by atoms with Gasteiger partial charge >= 0.3 is 0 Å². The first-order valence-electron chi connectivity index (χ1n) is 19.2. The second-order valence-electron chi connectivity index (χ2n) is 13.4. The smallest absolute Gasteiger partial charge is 0.275 e. The number of carbonyl (C=O) groups is 2. The highest BCUT2D eigenvalue weighted by molar-refractivity contribution is 5.95. The van der Waals surface area contributed by atoms with Crippen LogP contribution >= 0.6 is 0 Å². The normalized spacial score (nSPS) is 11.8. The van der Waals surface area contributed by atoms with Crippen LogP contribution in [0.25, 0.3) is 0 Å². The number of nitro groups is 1. The van der Waals surface area contributed by atoms with Crippen molar-refractivity contribution in [3.63, 3.8) is 0 Å². The Balaban J connectivity index is 2.74. The van der Waals surface area contributed by atoms with E-state index in [4.69, 9.17) is 11.5 Å². The Hall–Kier alpha value is -2.52. The van der Waals surface area contributed by atoms with E-state index in [-0.39, 0.29) is 24.0 Å². The molecule has 270 valence electrons. The summed E-state index contributed by atoms with van der Waals surface area (Å²) in [5.74, 6) is -0.506. The summed E-state index contributed by atoms with van der Waals surface area (Å²) < 4.78 is 0. The number of nitrogens with one attached hydrogen (secondary N) is 1. The molecule has 1 atom stereocenters. The lowest BCUT2D eigenvalue weighted by Crippen LogP contribution is -2.40. The van der Waals surface area contributed by atoms with Crippen molar-refractivity contribution in [2.24, 2.45) is 11.5 Å². The molecular formula is C38H69N5O4. The molecule has 0 fully saturated rings. The third-order valence-electron chi connectivity index (χ3n) is 9.14. The zero-order chi connectivity index (χ0) is 34.5. The summed E-state index contributed by atoms with van der Waals surface area (Å²) in [7, 11) is 0. The number of carbonyl (C=O) groups excluding carboxylic acids is 2. The third-order valence-corrected chi connectivity index (χ3v) is 9.14. The van der Waals surface area contributed by atoms with Crippen molar-refractivity contribution in [2.45, 2.75) is 174 Å². The number of nitrogens with zero attached hydrogens (tertiary/aromatic N) is 2. The minimum atomic E-state index is -0.688. The highest BCUT2D eigenvalue weighted by atomic mass is 16.6. The summed E-state index contributed by atoms with van der Waals surface area (Å²) in [6, 6.07) is 3.92. The molecule has 0 bridgehead atoms. The topological polar surface area (TPSA) is 145 Å². The molecule has 1 aromatic rings. The minimum Gasteiger partial charge on any atom is -0.350 e. The van der Waals surface area contributed by atoms with Gasteiger partial charge in [0.2, 0.25) is 5.91 Å². The number of unbranched alkanes of at least 4 members (excludes halogenated alkanes) is 19. The number of rotatable bonds is 31. The maximum Gasteiger partial charge on any atom is 0.275 e. The molecular weight excluding hydrogens is 590 g/mol. The van der Waals surface area contributed by atoms with Crippen LogP contribution in [0.2, 0.25) is 0 Å². The molecule has 9 nitrogen and oxygen atoms in total. The zero-order valence-corrected chi connectivity index (χ0v) is 30.1. The maximum atomic E-state index is 13.7. The van der Waals surface area contributed by atoms with Gasteiger partial charge in [0.15, 0.2) is 0 Å². The molecule has 0 aliphatic carbocycles. The van der Waals surface area contributed by atoms with Gasteiger partial charge in [-0.15, -0.1) is 0 Å². The Morgan fingerprint density at radius 1 is 0.745 bits per heavy atom. The van der Waals surface area contributed by atoms with Crippen LogP contribution in [0.5, 0.6) is 0 Å². The highest BCUT2D eigenvalue weighted by Gasteiger charge is 2.22. The summed E-state index contributed by atoms with van der Waals surface area (Å²) >= 11 is 0. The Bertz CT molecular complexity index is 949. The average molecular weight is 660 g/mol. The van der Waals surface area contributed by atoms with Gasteiger partial charge in [0.25, 0.3) is 11.6 Å². The molecule has 0 aromatic heterocycles. The molecule has 0 saturated carbocycles. The predicted octanol–water partition coefficient (Wildman–Crippen LogP) is 8.95. The summed E-state index contributed by atoms with van der Waals surface area (Å²) in [5, 5.41) is 14.7. The van der Waals surface area contributed by atoms with E-state index in [0.717, 1.165) is 38.5 Å². The first-order chi connectivity index (χ1) is 22.8. The highest BCUT2D eigenvalue weighted by Crippen LogP contribution is 2.22. The second kappa shape index (κ2) is 28.5. The molecule has 5 N–H and O–H groups in total.